The zero-order valence-electron chi connectivity index (χ0n) is 9.38. The smallest absolute Gasteiger partial charge is 0.396 e. The summed E-state index contributed by atoms with van der Waals surface area (Å²) in [6.45, 7) is -0.0513. The van der Waals surface area contributed by atoms with Gasteiger partial charge in [0.2, 0.25) is 0 Å². The number of halogens is 5. The molecule has 0 radical (unpaired) electrons. The average Bonchev–Trinajstić information content (AvgIpc) is 2.24. The van der Waals surface area contributed by atoms with Crippen LogP contribution in [0.2, 0.25) is 5.02 Å². The SMILES string of the molecule is Cl.N[C@H](CCCO)c1cc(C(F)(F)F)ccc1Cl. The molecule has 1 aromatic rings. The molecule has 0 aliphatic carbocycles. The summed E-state index contributed by atoms with van der Waals surface area (Å²) in [4.78, 5) is 0. The molecule has 7 heteroatoms. The molecule has 0 saturated heterocycles. The van der Waals surface area contributed by atoms with E-state index >= 15 is 0 Å². The van der Waals surface area contributed by atoms with Gasteiger partial charge in [-0.1, -0.05) is 11.6 Å². The molecule has 1 atom stereocenters. The van der Waals surface area contributed by atoms with Crippen molar-refractivity contribution in [3.05, 3.63) is 34.3 Å². The van der Waals surface area contributed by atoms with Crippen molar-refractivity contribution in [1.29, 1.82) is 0 Å². The summed E-state index contributed by atoms with van der Waals surface area (Å²) in [6, 6.07) is 2.48. The molecule has 0 heterocycles. The first kappa shape index (κ1) is 17.5. The molecule has 104 valence electrons. The Morgan fingerprint density at radius 1 is 1.33 bits per heavy atom. The van der Waals surface area contributed by atoms with Crippen LogP contribution in [0.1, 0.15) is 30.0 Å². The van der Waals surface area contributed by atoms with Gasteiger partial charge in [-0.3, -0.25) is 0 Å². The highest BCUT2D eigenvalue weighted by Crippen LogP contribution is 2.34. The van der Waals surface area contributed by atoms with E-state index in [0.717, 1.165) is 12.1 Å². The Hall–Kier alpha value is -0.490. The fraction of sp³-hybridized carbons (Fsp3) is 0.455. The van der Waals surface area contributed by atoms with Crippen molar-refractivity contribution in [2.24, 2.45) is 5.73 Å². The quantitative estimate of drug-likeness (QED) is 0.893. The molecule has 1 rings (SSSR count). The number of aliphatic hydroxyl groups excluding tert-OH is 1. The summed E-state index contributed by atoms with van der Waals surface area (Å²) in [5.41, 5.74) is 5.22. The summed E-state index contributed by atoms with van der Waals surface area (Å²) in [5, 5.41) is 8.86. The summed E-state index contributed by atoms with van der Waals surface area (Å²) < 4.78 is 37.5. The van der Waals surface area contributed by atoms with E-state index in [1.54, 1.807) is 0 Å². The van der Waals surface area contributed by atoms with Gasteiger partial charge in [0, 0.05) is 17.7 Å². The molecular formula is C11H14Cl2F3NO. The second-order valence-electron chi connectivity index (χ2n) is 3.71. The van der Waals surface area contributed by atoms with Gasteiger partial charge in [-0.2, -0.15) is 13.2 Å². The van der Waals surface area contributed by atoms with E-state index in [4.69, 9.17) is 22.4 Å². The van der Waals surface area contributed by atoms with Crippen molar-refractivity contribution >= 4 is 24.0 Å². The molecule has 18 heavy (non-hydrogen) atoms. The number of aliphatic hydroxyl groups is 1. The molecular weight excluding hydrogens is 290 g/mol. The van der Waals surface area contributed by atoms with Gasteiger partial charge in [0.25, 0.3) is 0 Å². The minimum absolute atomic E-state index is 0. The van der Waals surface area contributed by atoms with Gasteiger partial charge in [-0.15, -0.1) is 12.4 Å². The van der Waals surface area contributed by atoms with E-state index in [2.05, 4.69) is 0 Å². The van der Waals surface area contributed by atoms with E-state index in [1.165, 1.54) is 6.07 Å². The lowest BCUT2D eigenvalue weighted by Crippen LogP contribution is -2.13. The first-order valence-corrected chi connectivity index (χ1v) is 5.47. The number of nitrogens with two attached hydrogens (primary N) is 1. The predicted molar refractivity (Wildman–Crippen MR) is 67.0 cm³/mol. The fourth-order valence-corrected chi connectivity index (χ4v) is 1.73. The second-order valence-corrected chi connectivity index (χ2v) is 4.11. The topological polar surface area (TPSA) is 46.2 Å². The molecule has 0 aliphatic heterocycles. The van der Waals surface area contributed by atoms with Gasteiger partial charge in [-0.05, 0) is 36.6 Å². The van der Waals surface area contributed by atoms with Crippen LogP contribution >= 0.6 is 24.0 Å². The highest BCUT2D eigenvalue weighted by atomic mass is 35.5. The Kier molecular flexibility index (Phi) is 6.99. The Morgan fingerprint density at radius 2 is 1.94 bits per heavy atom. The maximum Gasteiger partial charge on any atom is 0.416 e. The number of hydrogen-bond donors (Lipinski definition) is 2. The lowest BCUT2D eigenvalue weighted by Gasteiger charge is -2.15. The van der Waals surface area contributed by atoms with Crippen LogP contribution in [0.4, 0.5) is 13.2 Å². The van der Waals surface area contributed by atoms with Crippen molar-refractivity contribution in [1.82, 2.24) is 0 Å². The van der Waals surface area contributed by atoms with Crippen molar-refractivity contribution in [2.75, 3.05) is 6.61 Å². The van der Waals surface area contributed by atoms with Gasteiger partial charge >= 0.3 is 6.18 Å². The molecule has 3 N–H and O–H groups in total. The van der Waals surface area contributed by atoms with E-state index in [0.29, 0.717) is 12.8 Å². The first-order chi connectivity index (χ1) is 7.86. The van der Waals surface area contributed by atoms with Crippen molar-refractivity contribution in [3.63, 3.8) is 0 Å². The Balaban J connectivity index is 0.00000289. The Labute approximate surface area is 114 Å². The van der Waals surface area contributed by atoms with Crippen molar-refractivity contribution in [2.45, 2.75) is 25.1 Å². The zero-order valence-corrected chi connectivity index (χ0v) is 10.9. The van der Waals surface area contributed by atoms with Crippen LogP contribution in [-0.2, 0) is 6.18 Å². The first-order valence-electron chi connectivity index (χ1n) is 5.09. The largest absolute Gasteiger partial charge is 0.416 e. The van der Waals surface area contributed by atoms with E-state index < -0.39 is 17.8 Å². The summed E-state index contributed by atoms with van der Waals surface area (Å²) >= 11 is 5.81. The maximum absolute atomic E-state index is 12.5. The molecule has 0 saturated carbocycles. The summed E-state index contributed by atoms with van der Waals surface area (Å²) in [7, 11) is 0. The van der Waals surface area contributed by atoms with Gasteiger partial charge in [0.05, 0.1) is 5.56 Å². The van der Waals surface area contributed by atoms with Gasteiger partial charge in [-0.25, -0.2) is 0 Å². The molecule has 0 fully saturated rings. The third-order valence-electron chi connectivity index (χ3n) is 2.40. The van der Waals surface area contributed by atoms with Crippen molar-refractivity contribution in [3.8, 4) is 0 Å². The lowest BCUT2D eigenvalue weighted by atomic mass is 10.0. The number of alkyl halides is 3. The fourth-order valence-electron chi connectivity index (χ4n) is 1.47. The molecule has 0 aliphatic rings. The number of benzene rings is 1. The van der Waals surface area contributed by atoms with Crippen LogP contribution < -0.4 is 5.73 Å². The standard InChI is InChI=1S/C11H13ClF3NO.ClH/c12-9-4-3-7(11(13,14)15)6-8(9)10(16)2-1-5-17;/h3-4,6,10,17H,1-2,5,16H2;1H/t10-;/m1./s1. The molecule has 0 unspecified atom stereocenters. The highest BCUT2D eigenvalue weighted by Gasteiger charge is 2.31. The highest BCUT2D eigenvalue weighted by molar-refractivity contribution is 6.31. The molecule has 0 bridgehead atoms. The molecule has 2 nitrogen and oxygen atoms in total. The molecule has 0 aromatic heterocycles. The zero-order chi connectivity index (χ0) is 13.1. The lowest BCUT2D eigenvalue weighted by molar-refractivity contribution is -0.137. The van der Waals surface area contributed by atoms with Crippen LogP contribution in [0.25, 0.3) is 0 Å². The van der Waals surface area contributed by atoms with Gasteiger partial charge < -0.3 is 10.8 Å². The third kappa shape index (κ3) is 4.65. The summed E-state index contributed by atoms with van der Waals surface area (Å²) in [5.74, 6) is 0. The maximum atomic E-state index is 12.5. The minimum atomic E-state index is -4.41. The van der Waals surface area contributed by atoms with Gasteiger partial charge in [0.1, 0.15) is 0 Å². The van der Waals surface area contributed by atoms with Gasteiger partial charge in [0.15, 0.2) is 0 Å². The summed E-state index contributed by atoms with van der Waals surface area (Å²) in [6.07, 6.45) is -3.60. The van der Waals surface area contributed by atoms with E-state index in [1.807, 2.05) is 0 Å². The van der Waals surface area contributed by atoms with Crippen molar-refractivity contribution < 1.29 is 18.3 Å². The Morgan fingerprint density at radius 3 is 2.44 bits per heavy atom. The van der Waals surface area contributed by atoms with Crippen LogP contribution in [0.15, 0.2) is 18.2 Å². The monoisotopic (exact) mass is 303 g/mol. The van der Waals surface area contributed by atoms with E-state index in [9.17, 15) is 13.2 Å². The second kappa shape index (κ2) is 7.19. The molecule has 0 amide bonds. The predicted octanol–water partition coefficient (Wildman–Crippen LogP) is 3.55. The molecule has 0 spiro atoms. The normalized spacial score (nSPS) is 13.0. The number of rotatable bonds is 4. The van der Waals surface area contributed by atoms with Crippen LogP contribution in [0, 0.1) is 0 Å². The third-order valence-corrected chi connectivity index (χ3v) is 2.74. The minimum Gasteiger partial charge on any atom is -0.396 e. The number of hydrogen-bond acceptors (Lipinski definition) is 2. The Bertz CT molecular complexity index is 385. The van der Waals surface area contributed by atoms with Crippen LogP contribution in [0.3, 0.4) is 0 Å². The van der Waals surface area contributed by atoms with Crippen LogP contribution in [0.5, 0.6) is 0 Å². The molecule has 1 aromatic carbocycles. The van der Waals surface area contributed by atoms with E-state index in [-0.39, 0.29) is 29.6 Å². The van der Waals surface area contributed by atoms with Crippen LogP contribution in [-0.4, -0.2) is 11.7 Å². The average molecular weight is 304 g/mol.